The van der Waals surface area contributed by atoms with E-state index in [2.05, 4.69) is 15.2 Å². The van der Waals surface area contributed by atoms with Gasteiger partial charge in [0.25, 0.3) is 5.56 Å². The predicted molar refractivity (Wildman–Crippen MR) is 135 cm³/mol. The van der Waals surface area contributed by atoms with Crippen molar-refractivity contribution in [3.05, 3.63) is 111 Å². The van der Waals surface area contributed by atoms with Crippen LogP contribution in [0.5, 0.6) is 0 Å². The van der Waals surface area contributed by atoms with E-state index >= 15 is 0 Å². The number of H-pyrrole nitrogens is 1. The summed E-state index contributed by atoms with van der Waals surface area (Å²) in [5.41, 5.74) is 10.0. The van der Waals surface area contributed by atoms with Crippen LogP contribution in [-0.2, 0) is 19.5 Å². The first-order valence-electron chi connectivity index (χ1n) is 11.5. The number of anilines is 1. The molecule has 5 rings (SSSR count). The number of benzene rings is 2. The van der Waals surface area contributed by atoms with Crippen molar-refractivity contribution in [2.24, 2.45) is 0 Å². The van der Waals surface area contributed by atoms with E-state index in [0.29, 0.717) is 25.3 Å². The van der Waals surface area contributed by atoms with Crippen molar-refractivity contribution in [2.75, 3.05) is 5.73 Å². The summed E-state index contributed by atoms with van der Waals surface area (Å²) in [6, 6.07) is 15.9. The van der Waals surface area contributed by atoms with Crippen LogP contribution in [0.1, 0.15) is 39.0 Å². The summed E-state index contributed by atoms with van der Waals surface area (Å²) in [6.07, 6.45) is 7.91. The molecule has 0 amide bonds. The maximum absolute atomic E-state index is 12.8. The Bertz CT molecular complexity index is 1560. The third kappa shape index (κ3) is 5.06. The third-order valence-corrected chi connectivity index (χ3v) is 6.06. The molecule has 0 bridgehead atoms. The number of nitrogens with two attached hydrogens (primary N) is 1. The van der Waals surface area contributed by atoms with E-state index in [1.807, 2.05) is 72.5 Å². The summed E-state index contributed by atoms with van der Waals surface area (Å²) in [5, 5.41) is 8.95. The topological polar surface area (TPSA) is 112 Å². The Balaban J connectivity index is 1.22. The Kier molecular flexibility index (Phi) is 6.01. The van der Waals surface area contributed by atoms with Crippen LogP contribution >= 0.6 is 0 Å². The second-order valence-corrected chi connectivity index (χ2v) is 8.82. The van der Waals surface area contributed by atoms with Crippen LogP contribution in [0.25, 0.3) is 10.8 Å². The first-order valence-corrected chi connectivity index (χ1v) is 11.5. The van der Waals surface area contributed by atoms with Crippen LogP contribution in [0, 0.1) is 6.92 Å². The molecule has 0 aliphatic rings. The summed E-state index contributed by atoms with van der Waals surface area (Å²) < 4.78 is 3.56. The van der Waals surface area contributed by atoms with Gasteiger partial charge in [-0.05, 0) is 47.1 Å². The van der Waals surface area contributed by atoms with E-state index in [-0.39, 0.29) is 23.3 Å². The number of pyridine rings is 1. The van der Waals surface area contributed by atoms with Crippen LogP contribution < -0.4 is 11.3 Å². The lowest BCUT2D eigenvalue weighted by Crippen LogP contribution is -2.13. The van der Waals surface area contributed by atoms with Gasteiger partial charge in [0.05, 0.1) is 19.3 Å². The first kappa shape index (κ1) is 22.3. The zero-order chi connectivity index (χ0) is 24.4. The molecule has 2 aromatic carbocycles. The molecule has 8 heteroatoms. The molecule has 0 spiro atoms. The number of nitrogen functional groups attached to an aromatic ring is 1. The van der Waals surface area contributed by atoms with Gasteiger partial charge < -0.3 is 5.73 Å². The average molecular weight is 467 g/mol. The minimum Gasteiger partial charge on any atom is -0.383 e. The Morgan fingerprint density at radius 1 is 1.00 bits per heavy atom. The number of hydrogen-bond donors (Lipinski definition) is 2. The van der Waals surface area contributed by atoms with Crippen molar-refractivity contribution < 1.29 is 4.79 Å². The Morgan fingerprint density at radius 3 is 2.49 bits per heavy atom. The summed E-state index contributed by atoms with van der Waals surface area (Å²) in [5.74, 6) is 0.310. The number of rotatable bonds is 8. The molecular weight excluding hydrogens is 440 g/mol. The smallest absolute Gasteiger partial charge is 0.274 e. The summed E-state index contributed by atoms with van der Waals surface area (Å²) in [7, 11) is 0. The van der Waals surface area contributed by atoms with Gasteiger partial charge >= 0.3 is 0 Å². The molecule has 3 aromatic heterocycles. The van der Waals surface area contributed by atoms with E-state index in [1.54, 1.807) is 17.1 Å². The van der Waals surface area contributed by atoms with Crippen LogP contribution in [0.2, 0.25) is 0 Å². The van der Waals surface area contributed by atoms with Crippen LogP contribution in [0.15, 0.2) is 78.1 Å². The van der Waals surface area contributed by atoms with Crippen molar-refractivity contribution in [3.8, 4) is 0 Å². The van der Waals surface area contributed by atoms with Crippen molar-refractivity contribution in [1.82, 2.24) is 24.5 Å². The van der Waals surface area contributed by atoms with E-state index in [9.17, 15) is 9.59 Å². The van der Waals surface area contributed by atoms with E-state index in [0.717, 1.165) is 33.0 Å². The molecular formula is C27H26N6O2. The molecule has 35 heavy (non-hydrogen) atoms. The number of nitrogens with zero attached hydrogens (tertiary/aromatic N) is 4. The fourth-order valence-electron chi connectivity index (χ4n) is 4.21. The van der Waals surface area contributed by atoms with Gasteiger partial charge in [-0.2, -0.15) is 5.10 Å². The van der Waals surface area contributed by atoms with Gasteiger partial charge in [-0.15, -0.1) is 0 Å². The molecule has 0 unspecified atom stereocenters. The SMILES string of the molecule is Cc1cnn(Cc2ccc(Cn3cc(C(=O)CCc4ccc5c(N)nccc5c4)c(=O)[nH]3)cc2)c1. The van der Waals surface area contributed by atoms with Gasteiger partial charge in [-0.25, -0.2) is 4.98 Å². The number of Topliss-reactive ketones (excluding diaryl/α,β-unsaturated/α-hetero) is 1. The molecule has 176 valence electrons. The fourth-order valence-corrected chi connectivity index (χ4v) is 4.21. The minimum atomic E-state index is -0.363. The summed E-state index contributed by atoms with van der Waals surface area (Å²) >= 11 is 0. The van der Waals surface area contributed by atoms with Crippen molar-refractivity contribution in [3.63, 3.8) is 0 Å². The molecule has 0 aliphatic carbocycles. The molecule has 0 radical (unpaired) electrons. The summed E-state index contributed by atoms with van der Waals surface area (Å²) in [6.45, 7) is 3.19. The minimum absolute atomic E-state index is 0.177. The highest BCUT2D eigenvalue weighted by atomic mass is 16.1. The monoisotopic (exact) mass is 466 g/mol. The maximum Gasteiger partial charge on any atom is 0.274 e. The second-order valence-electron chi connectivity index (χ2n) is 8.82. The average Bonchev–Trinajstić information content (AvgIpc) is 3.43. The highest BCUT2D eigenvalue weighted by Crippen LogP contribution is 2.21. The van der Waals surface area contributed by atoms with Gasteiger partial charge in [-0.1, -0.05) is 42.5 Å². The van der Waals surface area contributed by atoms with E-state index < -0.39 is 0 Å². The molecule has 5 aromatic rings. The van der Waals surface area contributed by atoms with E-state index in [1.165, 1.54) is 0 Å². The van der Waals surface area contributed by atoms with Gasteiger partial charge in [0.15, 0.2) is 5.78 Å². The maximum atomic E-state index is 12.8. The standard InChI is InChI=1S/C27H26N6O2/c1-18-13-30-32(14-18)15-20-2-4-21(5-3-20)16-33-17-24(27(35)31-33)25(34)9-7-19-6-8-23-22(12-19)10-11-29-26(23)28/h2-6,8,10-14,17H,7,9,15-16H2,1H3,(H2,28,29)(H,31,35). The third-order valence-electron chi connectivity index (χ3n) is 6.06. The van der Waals surface area contributed by atoms with Crippen LogP contribution in [0.4, 0.5) is 5.82 Å². The Labute approximate surface area is 202 Å². The molecule has 0 saturated carbocycles. The molecule has 0 fully saturated rings. The van der Waals surface area contributed by atoms with Crippen molar-refractivity contribution in [2.45, 2.75) is 32.9 Å². The zero-order valence-corrected chi connectivity index (χ0v) is 19.4. The lowest BCUT2D eigenvalue weighted by molar-refractivity contribution is 0.0981. The number of ketones is 1. The van der Waals surface area contributed by atoms with Gasteiger partial charge in [0.2, 0.25) is 0 Å². The Hall–Kier alpha value is -4.46. The lowest BCUT2D eigenvalue weighted by atomic mass is 10.0. The predicted octanol–water partition coefficient (Wildman–Crippen LogP) is 3.72. The number of aromatic nitrogens is 5. The molecule has 3 N–H and O–H groups in total. The zero-order valence-electron chi connectivity index (χ0n) is 19.4. The number of hydrogen-bond acceptors (Lipinski definition) is 5. The largest absolute Gasteiger partial charge is 0.383 e. The van der Waals surface area contributed by atoms with Crippen molar-refractivity contribution in [1.29, 1.82) is 0 Å². The fraction of sp³-hybridized carbons (Fsp3) is 0.185. The number of carbonyl (C=O) groups is 1. The normalized spacial score (nSPS) is 11.2. The quantitative estimate of drug-likeness (QED) is 0.339. The number of nitrogens with one attached hydrogen (secondary N) is 1. The van der Waals surface area contributed by atoms with Crippen LogP contribution in [-0.4, -0.2) is 30.3 Å². The Morgan fingerprint density at radius 2 is 1.74 bits per heavy atom. The van der Waals surface area contributed by atoms with Gasteiger partial charge in [-0.3, -0.25) is 24.1 Å². The van der Waals surface area contributed by atoms with E-state index in [4.69, 9.17) is 5.73 Å². The highest BCUT2D eigenvalue weighted by Gasteiger charge is 2.14. The molecule has 8 nitrogen and oxygen atoms in total. The number of aryl methyl sites for hydroxylation is 2. The molecule has 0 saturated heterocycles. The number of carbonyl (C=O) groups excluding carboxylic acids is 1. The lowest BCUT2D eigenvalue weighted by Gasteiger charge is -2.06. The van der Waals surface area contributed by atoms with Gasteiger partial charge in [0, 0.05) is 30.4 Å². The first-order chi connectivity index (χ1) is 16.9. The second kappa shape index (κ2) is 9.42. The van der Waals surface area contributed by atoms with Crippen molar-refractivity contribution >= 4 is 22.4 Å². The van der Waals surface area contributed by atoms with Gasteiger partial charge in [0.1, 0.15) is 11.4 Å². The molecule has 0 atom stereocenters. The number of fused-ring (bicyclic) bond motifs is 1. The summed E-state index contributed by atoms with van der Waals surface area (Å²) in [4.78, 5) is 29.3. The van der Waals surface area contributed by atoms with Crippen LogP contribution in [0.3, 0.4) is 0 Å². The molecule has 3 heterocycles. The number of aromatic amines is 1. The molecule has 0 aliphatic heterocycles. The highest BCUT2D eigenvalue weighted by molar-refractivity contribution is 5.96.